The zero-order chi connectivity index (χ0) is 5.98. The molecule has 0 aliphatic rings. The molecular weight excluding hydrogens is 112 g/mol. The van der Waals surface area contributed by atoms with Gasteiger partial charge >= 0.3 is 0 Å². The van der Waals surface area contributed by atoms with Crippen LogP contribution in [0.1, 0.15) is 0 Å². The largest absolute Gasteiger partial charge is 0.259 e. The molecule has 1 aromatic heterocycles. The van der Waals surface area contributed by atoms with Crippen molar-refractivity contribution in [1.82, 2.24) is 4.98 Å². The van der Waals surface area contributed by atoms with Crippen LogP contribution in [-0.4, -0.2) is 4.98 Å². The predicted octanol–water partition coefficient (Wildman–Crippen LogP) is 1.16. The second kappa shape index (κ2) is 1.86. The number of hydrogen-bond acceptors (Lipinski definition) is 1. The van der Waals surface area contributed by atoms with Gasteiger partial charge in [0, 0.05) is 0 Å². The summed E-state index contributed by atoms with van der Waals surface area (Å²) in [6, 6.07) is 1.77. The third-order valence-corrected chi connectivity index (χ3v) is 0.615. The van der Waals surface area contributed by atoms with Crippen molar-refractivity contribution >= 4 is 0 Å². The standard InChI is InChI=1S/C5H2F2N/c6-4-1-5(7)3-8-2-4/h2-3H. The molecule has 0 unspecified atom stereocenters. The second-order valence-electron chi connectivity index (χ2n) is 1.23. The molecule has 0 amide bonds. The predicted molar refractivity (Wildman–Crippen MR) is 23.0 cm³/mol. The van der Waals surface area contributed by atoms with E-state index in [-0.39, 0.29) is 0 Å². The molecule has 0 N–H and O–H groups in total. The Morgan fingerprint density at radius 2 is 1.75 bits per heavy atom. The average Bonchev–Trinajstić information content (AvgIpc) is 1.64. The number of halogens is 2. The molecule has 41 valence electrons. The molecule has 1 rings (SSSR count). The van der Waals surface area contributed by atoms with Crippen LogP contribution in [0.3, 0.4) is 0 Å². The molecular formula is C5H2F2N. The summed E-state index contributed by atoms with van der Waals surface area (Å²) in [6.45, 7) is 0. The third kappa shape index (κ3) is 0.992. The van der Waals surface area contributed by atoms with E-state index in [0.717, 1.165) is 12.4 Å². The van der Waals surface area contributed by atoms with E-state index >= 15 is 0 Å². The first-order chi connectivity index (χ1) is 3.79. The maximum atomic E-state index is 11.8. The Morgan fingerprint density at radius 1 is 1.25 bits per heavy atom. The molecule has 1 aromatic rings. The van der Waals surface area contributed by atoms with Crippen molar-refractivity contribution in [2.24, 2.45) is 0 Å². The Bertz CT molecular complexity index is 170. The molecule has 3 heteroatoms. The summed E-state index contributed by atoms with van der Waals surface area (Å²) in [4.78, 5) is 3.20. The Hall–Kier alpha value is -0.990. The van der Waals surface area contributed by atoms with Gasteiger partial charge in [-0.15, -0.1) is 0 Å². The van der Waals surface area contributed by atoms with E-state index in [1.54, 1.807) is 6.07 Å². The number of hydrogen-bond donors (Lipinski definition) is 0. The highest BCUT2D eigenvalue weighted by Gasteiger charge is 1.90. The Kier molecular flexibility index (Phi) is 1.20. The molecule has 1 heterocycles. The van der Waals surface area contributed by atoms with Crippen molar-refractivity contribution in [2.75, 3.05) is 0 Å². The highest BCUT2D eigenvalue weighted by Crippen LogP contribution is 1.94. The summed E-state index contributed by atoms with van der Waals surface area (Å²) in [5, 5.41) is 0. The normalized spacial score (nSPS) is 9.25. The minimum atomic E-state index is -0.773. The molecule has 0 atom stereocenters. The van der Waals surface area contributed by atoms with Gasteiger partial charge in [-0.2, -0.15) is 0 Å². The molecule has 0 aliphatic carbocycles. The molecule has 0 aliphatic heterocycles. The van der Waals surface area contributed by atoms with E-state index in [1.165, 1.54) is 0 Å². The lowest BCUT2D eigenvalue weighted by Crippen LogP contribution is -1.80. The first-order valence-electron chi connectivity index (χ1n) is 1.97. The lowest BCUT2D eigenvalue weighted by atomic mass is 10.5. The van der Waals surface area contributed by atoms with Crippen LogP contribution in [0.2, 0.25) is 0 Å². The maximum Gasteiger partial charge on any atom is 0.152 e. The maximum absolute atomic E-state index is 11.8. The first-order valence-corrected chi connectivity index (χ1v) is 1.97. The quantitative estimate of drug-likeness (QED) is 0.493. The van der Waals surface area contributed by atoms with Gasteiger partial charge in [-0.25, -0.2) is 8.78 Å². The van der Waals surface area contributed by atoms with E-state index in [4.69, 9.17) is 0 Å². The fourth-order valence-corrected chi connectivity index (χ4v) is 0.347. The van der Waals surface area contributed by atoms with Crippen LogP contribution < -0.4 is 0 Å². The van der Waals surface area contributed by atoms with E-state index < -0.39 is 11.6 Å². The molecule has 0 fully saturated rings. The summed E-state index contributed by atoms with van der Waals surface area (Å²) in [5.41, 5.74) is 0. The zero-order valence-corrected chi connectivity index (χ0v) is 3.86. The van der Waals surface area contributed by atoms with Gasteiger partial charge < -0.3 is 0 Å². The molecule has 1 radical (unpaired) electrons. The van der Waals surface area contributed by atoms with Crippen LogP contribution in [-0.2, 0) is 0 Å². The van der Waals surface area contributed by atoms with Crippen LogP contribution >= 0.6 is 0 Å². The summed E-state index contributed by atoms with van der Waals surface area (Å²) >= 11 is 0. The molecule has 0 spiro atoms. The van der Waals surface area contributed by atoms with Gasteiger partial charge in [0.15, 0.2) is 11.6 Å². The van der Waals surface area contributed by atoms with E-state index in [0.29, 0.717) is 0 Å². The lowest BCUT2D eigenvalue weighted by molar-refractivity contribution is 0.569. The van der Waals surface area contributed by atoms with Crippen molar-refractivity contribution in [3.05, 3.63) is 30.1 Å². The van der Waals surface area contributed by atoms with Gasteiger partial charge in [0.2, 0.25) is 0 Å². The highest BCUT2D eigenvalue weighted by molar-refractivity contribution is 4.93. The van der Waals surface area contributed by atoms with Crippen molar-refractivity contribution in [3.63, 3.8) is 0 Å². The van der Waals surface area contributed by atoms with Crippen LogP contribution in [0.4, 0.5) is 8.78 Å². The lowest BCUT2D eigenvalue weighted by Gasteiger charge is -1.82. The number of nitrogens with zero attached hydrogens (tertiary/aromatic N) is 1. The zero-order valence-electron chi connectivity index (χ0n) is 3.86. The molecule has 0 bridgehead atoms. The van der Waals surface area contributed by atoms with Crippen LogP contribution in [0.15, 0.2) is 12.4 Å². The van der Waals surface area contributed by atoms with Gasteiger partial charge in [0.05, 0.1) is 18.5 Å². The van der Waals surface area contributed by atoms with Crippen LogP contribution in [0, 0.1) is 17.7 Å². The Balaban J connectivity index is 3.08. The Labute approximate surface area is 45.0 Å². The number of pyridine rings is 1. The molecule has 1 nitrogen and oxygen atoms in total. The van der Waals surface area contributed by atoms with Gasteiger partial charge in [0.25, 0.3) is 0 Å². The topological polar surface area (TPSA) is 12.9 Å². The van der Waals surface area contributed by atoms with Crippen molar-refractivity contribution < 1.29 is 8.78 Å². The molecule has 0 aromatic carbocycles. The second-order valence-corrected chi connectivity index (χ2v) is 1.23. The molecule has 8 heavy (non-hydrogen) atoms. The number of aromatic nitrogens is 1. The van der Waals surface area contributed by atoms with Gasteiger partial charge in [-0.1, -0.05) is 0 Å². The van der Waals surface area contributed by atoms with E-state index in [1.807, 2.05) is 0 Å². The summed E-state index contributed by atoms with van der Waals surface area (Å²) in [5.74, 6) is -1.55. The number of rotatable bonds is 0. The fourth-order valence-electron chi connectivity index (χ4n) is 0.347. The molecule has 0 saturated heterocycles. The monoisotopic (exact) mass is 114 g/mol. The Morgan fingerprint density at radius 3 is 2.00 bits per heavy atom. The minimum absolute atomic E-state index is 0.773. The van der Waals surface area contributed by atoms with Gasteiger partial charge in [-0.05, 0) is 0 Å². The third-order valence-electron chi connectivity index (χ3n) is 0.615. The van der Waals surface area contributed by atoms with Crippen molar-refractivity contribution in [2.45, 2.75) is 0 Å². The highest BCUT2D eigenvalue weighted by atomic mass is 19.1. The summed E-state index contributed by atoms with van der Waals surface area (Å²) in [7, 11) is 0. The van der Waals surface area contributed by atoms with Gasteiger partial charge in [-0.3, -0.25) is 4.98 Å². The first kappa shape index (κ1) is 5.15. The van der Waals surface area contributed by atoms with Crippen LogP contribution in [0.5, 0.6) is 0 Å². The fraction of sp³-hybridized carbons (Fsp3) is 0. The van der Waals surface area contributed by atoms with Crippen molar-refractivity contribution in [1.29, 1.82) is 0 Å². The van der Waals surface area contributed by atoms with E-state index in [2.05, 4.69) is 4.98 Å². The minimum Gasteiger partial charge on any atom is -0.259 e. The summed E-state index contributed by atoms with van der Waals surface area (Å²) in [6.07, 6.45) is 1.78. The SMILES string of the molecule is Fc1[c]c(F)cnc1. The van der Waals surface area contributed by atoms with Crippen molar-refractivity contribution in [3.8, 4) is 0 Å². The van der Waals surface area contributed by atoms with Gasteiger partial charge in [0.1, 0.15) is 0 Å². The molecule has 0 saturated carbocycles. The van der Waals surface area contributed by atoms with E-state index in [9.17, 15) is 8.78 Å². The average molecular weight is 114 g/mol. The van der Waals surface area contributed by atoms with Crippen LogP contribution in [0.25, 0.3) is 0 Å². The smallest absolute Gasteiger partial charge is 0.152 e. The summed E-state index contributed by atoms with van der Waals surface area (Å²) < 4.78 is 23.6.